The van der Waals surface area contributed by atoms with Crippen molar-refractivity contribution < 1.29 is 9.53 Å². The van der Waals surface area contributed by atoms with Gasteiger partial charge in [0.25, 0.3) is 0 Å². The highest BCUT2D eigenvalue weighted by molar-refractivity contribution is 5.84. The van der Waals surface area contributed by atoms with E-state index in [0.29, 0.717) is 0 Å². The van der Waals surface area contributed by atoms with Crippen molar-refractivity contribution in [2.45, 2.75) is 47.0 Å². The van der Waals surface area contributed by atoms with E-state index in [1.165, 1.54) is 37.5 Å². The maximum absolute atomic E-state index is 11.3. The van der Waals surface area contributed by atoms with Gasteiger partial charge < -0.3 is 4.74 Å². The number of nitrogens with zero attached hydrogens (tertiary/aromatic N) is 2. The summed E-state index contributed by atoms with van der Waals surface area (Å²) < 4.78 is 4.60. The second-order valence-corrected chi connectivity index (χ2v) is 6.98. The van der Waals surface area contributed by atoms with Gasteiger partial charge in [0.15, 0.2) is 0 Å². The van der Waals surface area contributed by atoms with Crippen LogP contribution in [-0.2, 0) is 4.74 Å². The van der Waals surface area contributed by atoms with E-state index in [1.54, 1.807) is 12.4 Å². The fourth-order valence-corrected chi connectivity index (χ4v) is 3.15. The summed E-state index contributed by atoms with van der Waals surface area (Å²) in [5.41, 5.74) is 5.15. The van der Waals surface area contributed by atoms with Crippen LogP contribution in [0, 0.1) is 5.41 Å². The van der Waals surface area contributed by atoms with Crippen LogP contribution in [-0.4, -0.2) is 23.0 Å². The number of allylic oxidation sites excluding steroid dienone is 5. The third-order valence-electron chi connectivity index (χ3n) is 4.49. The molecule has 4 heteroatoms. The molecule has 0 radical (unpaired) electrons. The molecule has 0 aromatic carbocycles. The Kier molecular flexibility index (Phi) is 5.71. The predicted octanol–water partition coefficient (Wildman–Crippen LogP) is 4.75. The molecule has 0 atom stereocenters. The fraction of sp³-hybridized carbons (Fsp3) is 0.450. The van der Waals surface area contributed by atoms with Gasteiger partial charge in [-0.15, -0.1) is 0 Å². The molecule has 0 unspecified atom stereocenters. The van der Waals surface area contributed by atoms with E-state index < -0.39 is 5.97 Å². The topological polar surface area (TPSA) is 52.1 Å². The molecule has 0 bridgehead atoms. The zero-order valence-corrected chi connectivity index (χ0v) is 15.2. The first-order valence-electron chi connectivity index (χ1n) is 8.30. The van der Waals surface area contributed by atoms with Crippen molar-refractivity contribution in [3.63, 3.8) is 0 Å². The molecule has 1 aromatic heterocycles. The Labute approximate surface area is 144 Å². The minimum atomic E-state index is -0.524. The Morgan fingerprint density at radius 2 is 1.96 bits per heavy atom. The smallest absolute Gasteiger partial charge is 0.376 e. The van der Waals surface area contributed by atoms with E-state index in [9.17, 15) is 4.79 Å². The monoisotopic (exact) mass is 326 g/mol. The highest BCUT2D eigenvalue weighted by atomic mass is 16.5. The van der Waals surface area contributed by atoms with Gasteiger partial charge in [-0.3, -0.25) is 0 Å². The summed E-state index contributed by atoms with van der Waals surface area (Å²) in [4.78, 5) is 19.4. The van der Waals surface area contributed by atoms with Crippen molar-refractivity contribution in [3.05, 3.63) is 52.7 Å². The van der Waals surface area contributed by atoms with Crippen LogP contribution in [0.1, 0.15) is 63.1 Å². The molecule has 1 aliphatic rings. The van der Waals surface area contributed by atoms with Crippen LogP contribution >= 0.6 is 0 Å². The first-order chi connectivity index (χ1) is 11.3. The van der Waals surface area contributed by atoms with Gasteiger partial charge in [0.2, 0.25) is 5.82 Å². The van der Waals surface area contributed by atoms with Crippen LogP contribution in [0.5, 0.6) is 0 Å². The Bertz CT molecular complexity index is 695. The maximum Gasteiger partial charge on any atom is 0.376 e. The minimum absolute atomic E-state index is 0.0765. The third-order valence-corrected chi connectivity index (χ3v) is 4.49. The van der Waals surface area contributed by atoms with Gasteiger partial charge >= 0.3 is 5.97 Å². The van der Waals surface area contributed by atoms with Crippen LogP contribution in [0.15, 0.2) is 41.3 Å². The largest absolute Gasteiger partial charge is 0.463 e. The summed E-state index contributed by atoms with van der Waals surface area (Å²) >= 11 is 0. The number of hydrogen-bond donors (Lipinski definition) is 0. The predicted molar refractivity (Wildman–Crippen MR) is 96.5 cm³/mol. The van der Waals surface area contributed by atoms with E-state index in [-0.39, 0.29) is 11.2 Å². The molecule has 0 fully saturated rings. The number of aromatic nitrogens is 2. The molecule has 1 heterocycles. The second kappa shape index (κ2) is 7.56. The first-order valence-corrected chi connectivity index (χ1v) is 8.30. The van der Waals surface area contributed by atoms with E-state index in [0.717, 1.165) is 11.1 Å². The van der Waals surface area contributed by atoms with E-state index in [1.807, 2.05) is 6.08 Å². The van der Waals surface area contributed by atoms with Crippen molar-refractivity contribution in [2.24, 2.45) is 5.41 Å². The molecule has 0 spiro atoms. The molecule has 0 aliphatic heterocycles. The van der Waals surface area contributed by atoms with E-state index >= 15 is 0 Å². The summed E-state index contributed by atoms with van der Waals surface area (Å²) in [6, 6.07) is 0. The molecule has 24 heavy (non-hydrogen) atoms. The molecule has 2 rings (SSSR count). The minimum Gasteiger partial charge on any atom is -0.463 e. The van der Waals surface area contributed by atoms with Crippen molar-refractivity contribution in [2.75, 3.05) is 7.11 Å². The van der Waals surface area contributed by atoms with Gasteiger partial charge in [-0.1, -0.05) is 37.1 Å². The molecule has 0 saturated heterocycles. The fourth-order valence-electron chi connectivity index (χ4n) is 3.15. The van der Waals surface area contributed by atoms with Crippen LogP contribution in [0.25, 0.3) is 6.08 Å². The van der Waals surface area contributed by atoms with Crippen molar-refractivity contribution >= 4 is 12.0 Å². The summed E-state index contributed by atoms with van der Waals surface area (Å²) in [6.07, 6.45) is 13.3. The average molecular weight is 326 g/mol. The lowest BCUT2D eigenvalue weighted by Gasteiger charge is -2.32. The lowest BCUT2D eigenvalue weighted by atomic mass is 9.72. The Morgan fingerprint density at radius 1 is 1.29 bits per heavy atom. The van der Waals surface area contributed by atoms with Crippen molar-refractivity contribution in [1.29, 1.82) is 0 Å². The Hall–Kier alpha value is -2.23. The molecule has 4 nitrogen and oxygen atoms in total. The quantitative estimate of drug-likeness (QED) is 0.592. The SMILES string of the molecule is COC(=O)c1ncc(C=C(C)C=CC2=C(C)CCCC2(C)C)cn1. The number of carbonyl (C=O) groups is 1. The lowest BCUT2D eigenvalue weighted by Crippen LogP contribution is -2.19. The standard InChI is InChI=1S/C20H26N2O2/c1-14(8-9-17-15(2)7-6-10-20(17,3)4)11-16-12-21-18(22-13-16)19(23)24-5/h8-9,11-13H,6-7,10H2,1-5H3. The zero-order valence-electron chi connectivity index (χ0n) is 15.2. The van der Waals surface area contributed by atoms with Gasteiger partial charge in [0, 0.05) is 18.0 Å². The summed E-state index contributed by atoms with van der Waals surface area (Å²) in [6.45, 7) is 8.91. The highest BCUT2D eigenvalue weighted by Crippen LogP contribution is 2.40. The van der Waals surface area contributed by atoms with Gasteiger partial charge in [-0.25, -0.2) is 14.8 Å². The van der Waals surface area contributed by atoms with Crippen LogP contribution in [0.4, 0.5) is 0 Å². The highest BCUT2D eigenvalue weighted by Gasteiger charge is 2.26. The Morgan fingerprint density at radius 3 is 2.54 bits per heavy atom. The van der Waals surface area contributed by atoms with Crippen molar-refractivity contribution in [3.8, 4) is 0 Å². The number of methoxy groups -OCH3 is 1. The van der Waals surface area contributed by atoms with E-state index in [2.05, 4.69) is 54.6 Å². The van der Waals surface area contributed by atoms with Crippen LogP contribution in [0.3, 0.4) is 0 Å². The third kappa shape index (κ3) is 4.40. The summed E-state index contributed by atoms with van der Waals surface area (Å²) in [7, 11) is 1.32. The first kappa shape index (κ1) is 18.1. The molecular formula is C20H26N2O2. The molecule has 1 aromatic rings. The van der Waals surface area contributed by atoms with E-state index in [4.69, 9.17) is 0 Å². The number of ether oxygens (including phenoxy) is 1. The second-order valence-electron chi connectivity index (χ2n) is 6.98. The molecule has 128 valence electrons. The molecule has 0 N–H and O–H groups in total. The van der Waals surface area contributed by atoms with Gasteiger partial charge in [0.1, 0.15) is 0 Å². The van der Waals surface area contributed by atoms with Crippen LogP contribution in [0.2, 0.25) is 0 Å². The number of hydrogen-bond acceptors (Lipinski definition) is 4. The summed E-state index contributed by atoms with van der Waals surface area (Å²) in [5.74, 6) is -0.448. The number of esters is 1. The van der Waals surface area contributed by atoms with Crippen molar-refractivity contribution in [1.82, 2.24) is 9.97 Å². The normalized spacial score (nSPS) is 18.1. The molecule has 0 amide bonds. The molecule has 1 aliphatic carbocycles. The number of rotatable bonds is 4. The Balaban J connectivity index is 2.15. The van der Waals surface area contributed by atoms with Gasteiger partial charge in [0.05, 0.1) is 7.11 Å². The van der Waals surface area contributed by atoms with Crippen LogP contribution < -0.4 is 0 Å². The van der Waals surface area contributed by atoms with Gasteiger partial charge in [-0.05, 0) is 50.2 Å². The molecule has 0 saturated carbocycles. The average Bonchev–Trinajstić information content (AvgIpc) is 2.53. The zero-order chi connectivity index (χ0) is 17.7. The molecular weight excluding hydrogens is 300 g/mol. The summed E-state index contributed by atoms with van der Waals surface area (Å²) in [5, 5.41) is 0. The maximum atomic E-state index is 11.3. The lowest BCUT2D eigenvalue weighted by molar-refractivity contribution is 0.0586. The number of carbonyl (C=O) groups excluding carboxylic acids is 1. The van der Waals surface area contributed by atoms with Gasteiger partial charge in [-0.2, -0.15) is 0 Å².